The number of halogens is 2. The number of rotatable bonds is 11. The van der Waals surface area contributed by atoms with Gasteiger partial charge in [0.2, 0.25) is 0 Å². The van der Waals surface area contributed by atoms with E-state index in [4.69, 9.17) is 21.4 Å². The van der Waals surface area contributed by atoms with Crippen LogP contribution in [-0.2, 0) is 30.8 Å². The van der Waals surface area contributed by atoms with Crippen molar-refractivity contribution < 1.29 is 14.6 Å². The zero-order valence-corrected chi connectivity index (χ0v) is 24.1. The summed E-state index contributed by atoms with van der Waals surface area (Å²) in [7, 11) is 0. The summed E-state index contributed by atoms with van der Waals surface area (Å²) in [4.78, 5) is 11.7. The molecule has 0 amide bonds. The second kappa shape index (κ2) is 13.0. The van der Waals surface area contributed by atoms with Gasteiger partial charge in [-0.1, -0.05) is 100 Å². The summed E-state index contributed by atoms with van der Waals surface area (Å²) in [6.45, 7) is 1.000. The summed E-state index contributed by atoms with van der Waals surface area (Å²) >= 11 is 10.1. The van der Waals surface area contributed by atoms with Crippen LogP contribution in [0.25, 0.3) is 22.5 Å². The molecule has 5 rings (SSSR count). The molecule has 0 unspecified atom stereocenters. The first kappa shape index (κ1) is 27.7. The summed E-state index contributed by atoms with van der Waals surface area (Å²) in [5.41, 5.74) is 6.34. The van der Waals surface area contributed by atoms with Crippen LogP contribution >= 0.6 is 27.5 Å². The first-order valence-corrected chi connectivity index (χ1v) is 14.2. The Hall–Kier alpha value is -3.87. The Labute approximate surface area is 247 Å². The van der Waals surface area contributed by atoms with Crippen LogP contribution < -0.4 is 4.74 Å². The molecule has 5 aromatic rings. The molecule has 0 aliphatic rings. The highest BCUT2D eigenvalue weighted by molar-refractivity contribution is 9.10. The number of benzene rings is 4. The van der Waals surface area contributed by atoms with Gasteiger partial charge in [-0.05, 0) is 54.3 Å². The van der Waals surface area contributed by atoms with Crippen molar-refractivity contribution in [1.29, 1.82) is 0 Å². The van der Waals surface area contributed by atoms with E-state index in [1.54, 1.807) is 6.07 Å². The van der Waals surface area contributed by atoms with E-state index >= 15 is 0 Å². The Morgan fingerprint density at radius 2 is 1.60 bits per heavy atom. The normalized spacial score (nSPS) is 10.9. The molecule has 0 aliphatic carbocycles. The first-order chi connectivity index (χ1) is 19.5. The quantitative estimate of drug-likeness (QED) is 0.162. The Morgan fingerprint density at radius 3 is 2.30 bits per heavy atom. The van der Waals surface area contributed by atoms with Gasteiger partial charge in [0.1, 0.15) is 12.4 Å². The number of carboxylic acids is 1. The van der Waals surface area contributed by atoms with E-state index in [-0.39, 0.29) is 6.42 Å². The van der Waals surface area contributed by atoms with Crippen molar-refractivity contribution in [3.05, 3.63) is 129 Å². The lowest BCUT2D eigenvalue weighted by Gasteiger charge is -2.13. The first-order valence-electron chi connectivity index (χ1n) is 13.1. The third kappa shape index (κ3) is 6.82. The van der Waals surface area contributed by atoms with Crippen LogP contribution in [0, 0.1) is 0 Å². The minimum absolute atomic E-state index is 0.0286. The highest BCUT2D eigenvalue weighted by atomic mass is 79.9. The number of nitrogens with zero attached hydrogens (tertiary/aromatic N) is 2. The molecule has 7 heteroatoms. The van der Waals surface area contributed by atoms with Gasteiger partial charge in [0.25, 0.3) is 0 Å². The number of aromatic nitrogens is 2. The molecule has 0 saturated heterocycles. The molecule has 0 aliphatic heterocycles. The van der Waals surface area contributed by atoms with E-state index in [9.17, 15) is 9.90 Å². The maximum Gasteiger partial charge on any atom is 0.303 e. The van der Waals surface area contributed by atoms with Gasteiger partial charge in [-0.15, -0.1) is 0 Å². The lowest BCUT2D eigenvalue weighted by atomic mass is 9.97. The van der Waals surface area contributed by atoms with Gasteiger partial charge >= 0.3 is 5.97 Å². The number of carboxylic acid groups (broad SMARTS) is 1. The second-order valence-corrected chi connectivity index (χ2v) is 10.8. The molecule has 202 valence electrons. The van der Waals surface area contributed by atoms with Gasteiger partial charge in [-0.25, -0.2) is 0 Å². The molecule has 0 fully saturated rings. The number of ether oxygens (including phenoxy) is 1. The number of hydrogen-bond acceptors (Lipinski definition) is 3. The van der Waals surface area contributed by atoms with Crippen molar-refractivity contribution in [2.45, 2.75) is 32.4 Å². The Kier molecular flexibility index (Phi) is 8.99. The Balaban J connectivity index is 1.64. The van der Waals surface area contributed by atoms with E-state index in [0.717, 1.165) is 38.8 Å². The van der Waals surface area contributed by atoms with E-state index in [0.29, 0.717) is 36.0 Å². The largest absolute Gasteiger partial charge is 0.488 e. The molecule has 1 heterocycles. The van der Waals surface area contributed by atoms with Crippen LogP contribution in [0.3, 0.4) is 0 Å². The Morgan fingerprint density at radius 1 is 0.875 bits per heavy atom. The second-order valence-electron chi connectivity index (χ2n) is 9.45. The fourth-order valence-corrected chi connectivity index (χ4v) is 5.30. The molecule has 0 bridgehead atoms. The summed E-state index contributed by atoms with van der Waals surface area (Å²) in [6, 6.07) is 33.7. The fourth-order valence-electron chi connectivity index (χ4n) is 4.73. The van der Waals surface area contributed by atoms with Crippen molar-refractivity contribution >= 4 is 33.5 Å². The van der Waals surface area contributed by atoms with Gasteiger partial charge < -0.3 is 9.84 Å². The maximum atomic E-state index is 11.7. The van der Waals surface area contributed by atoms with Crippen LogP contribution in [0.5, 0.6) is 5.75 Å². The summed E-state index contributed by atoms with van der Waals surface area (Å²) in [5, 5.41) is 15.3. The van der Waals surface area contributed by atoms with Crippen LogP contribution in [0.1, 0.15) is 23.1 Å². The predicted molar refractivity (Wildman–Crippen MR) is 163 cm³/mol. The van der Waals surface area contributed by atoms with Crippen molar-refractivity contribution in [2.75, 3.05) is 0 Å². The van der Waals surface area contributed by atoms with Crippen molar-refractivity contribution in [3.8, 4) is 28.3 Å². The highest BCUT2D eigenvalue weighted by Crippen LogP contribution is 2.40. The smallest absolute Gasteiger partial charge is 0.303 e. The molecule has 0 radical (unpaired) electrons. The average Bonchev–Trinajstić information content (AvgIpc) is 3.33. The van der Waals surface area contributed by atoms with Gasteiger partial charge in [-0.3, -0.25) is 9.48 Å². The van der Waals surface area contributed by atoms with Crippen molar-refractivity contribution in [2.24, 2.45) is 0 Å². The number of carbonyl (C=O) groups is 1. The topological polar surface area (TPSA) is 64.3 Å². The van der Waals surface area contributed by atoms with Crippen LogP contribution in [0.4, 0.5) is 0 Å². The molecular weight excluding hydrogens is 588 g/mol. The predicted octanol–water partition coefficient (Wildman–Crippen LogP) is 8.47. The average molecular weight is 616 g/mol. The van der Waals surface area contributed by atoms with E-state index in [2.05, 4.69) is 28.1 Å². The molecule has 0 spiro atoms. The molecule has 0 atom stereocenters. The standard InChI is InChI=1S/C33H28BrClN2O3/c34-26-13-7-12-25(20-26)33-28(15-17-31(38)39)32(36-37(33)19-18-23-8-3-1-4-9-23)29-21-27(35)14-16-30(29)40-22-24-10-5-2-6-11-24/h1-14,16,20-21H,15,17-19,22H2,(H,38,39). The maximum absolute atomic E-state index is 11.7. The number of aryl methyl sites for hydroxylation is 2. The van der Waals surface area contributed by atoms with E-state index < -0.39 is 5.97 Å². The third-order valence-electron chi connectivity index (χ3n) is 6.63. The van der Waals surface area contributed by atoms with Crippen LogP contribution in [-0.4, -0.2) is 20.9 Å². The summed E-state index contributed by atoms with van der Waals surface area (Å²) < 4.78 is 9.21. The van der Waals surface area contributed by atoms with E-state index in [1.165, 1.54) is 5.56 Å². The van der Waals surface area contributed by atoms with Crippen LogP contribution in [0.2, 0.25) is 5.02 Å². The molecule has 0 saturated carbocycles. The van der Waals surface area contributed by atoms with E-state index in [1.807, 2.05) is 89.6 Å². The SMILES string of the molecule is O=C(O)CCc1c(-c2cc(Cl)ccc2OCc2ccccc2)nn(CCc2ccccc2)c1-c1cccc(Br)c1. The molecule has 5 nitrogen and oxygen atoms in total. The Bertz CT molecular complexity index is 1600. The highest BCUT2D eigenvalue weighted by Gasteiger charge is 2.24. The lowest BCUT2D eigenvalue weighted by molar-refractivity contribution is -0.136. The summed E-state index contributed by atoms with van der Waals surface area (Å²) in [6.07, 6.45) is 1.05. The third-order valence-corrected chi connectivity index (χ3v) is 7.35. The van der Waals surface area contributed by atoms with Crippen LogP contribution in [0.15, 0.2) is 108 Å². The number of aliphatic carboxylic acids is 1. The lowest BCUT2D eigenvalue weighted by Crippen LogP contribution is -2.06. The molecular formula is C33H28BrClN2O3. The molecule has 40 heavy (non-hydrogen) atoms. The molecule has 1 aromatic heterocycles. The molecule has 4 aromatic carbocycles. The minimum atomic E-state index is -0.866. The monoisotopic (exact) mass is 614 g/mol. The van der Waals surface area contributed by atoms with Gasteiger partial charge in [-0.2, -0.15) is 5.10 Å². The number of hydrogen-bond donors (Lipinski definition) is 1. The van der Waals surface area contributed by atoms with Crippen molar-refractivity contribution in [1.82, 2.24) is 9.78 Å². The minimum Gasteiger partial charge on any atom is -0.488 e. The summed E-state index contributed by atoms with van der Waals surface area (Å²) in [5.74, 6) is -0.229. The fraction of sp³-hybridized carbons (Fsp3) is 0.152. The zero-order chi connectivity index (χ0) is 27.9. The van der Waals surface area contributed by atoms with Gasteiger partial charge in [0.05, 0.1) is 11.4 Å². The van der Waals surface area contributed by atoms with Crippen molar-refractivity contribution in [3.63, 3.8) is 0 Å². The zero-order valence-electron chi connectivity index (χ0n) is 21.8. The van der Waals surface area contributed by atoms with Gasteiger partial charge in [0.15, 0.2) is 0 Å². The molecule has 1 N–H and O–H groups in total. The van der Waals surface area contributed by atoms with Gasteiger partial charge in [0, 0.05) is 39.2 Å².